The summed E-state index contributed by atoms with van der Waals surface area (Å²) in [5.74, 6) is 0.330. The molecule has 2 aliphatic rings. The average molecular weight is 370 g/mol. The Morgan fingerprint density at radius 3 is 3.14 bits per heavy atom. The number of carbonyl (C=O) groups is 2. The molecule has 0 radical (unpaired) electrons. The Kier molecular flexibility index (Phi) is 4.58. The number of ether oxygens (including phenoxy) is 2. The molecule has 0 aromatic carbocycles. The van der Waals surface area contributed by atoms with E-state index < -0.39 is 0 Å². The van der Waals surface area contributed by atoms with E-state index in [-0.39, 0.29) is 31.1 Å². The molecule has 1 aromatic rings. The number of nitrogens with one attached hydrogen (secondary N) is 1. The maximum Gasteiger partial charge on any atom is 0.266 e. The van der Waals surface area contributed by atoms with E-state index >= 15 is 0 Å². The Labute approximate surface area is 136 Å². The Hall–Kier alpha value is -1.67. The lowest BCUT2D eigenvalue weighted by atomic mass is 10.2. The van der Waals surface area contributed by atoms with Gasteiger partial charge in [-0.3, -0.25) is 14.5 Å². The second-order valence-corrected chi connectivity index (χ2v) is 5.98. The van der Waals surface area contributed by atoms with Gasteiger partial charge in [-0.15, -0.1) is 0 Å². The molecule has 7 nitrogen and oxygen atoms in total. The molecule has 22 heavy (non-hydrogen) atoms. The zero-order valence-corrected chi connectivity index (χ0v) is 13.5. The van der Waals surface area contributed by atoms with Gasteiger partial charge in [-0.2, -0.15) is 0 Å². The normalized spacial score (nSPS) is 20.5. The van der Waals surface area contributed by atoms with E-state index in [9.17, 15) is 9.59 Å². The number of hydrogen-bond acceptors (Lipinski definition) is 5. The molecule has 3 rings (SSSR count). The van der Waals surface area contributed by atoms with Crippen molar-refractivity contribution in [1.82, 2.24) is 10.3 Å². The Bertz CT molecular complexity index is 589. The Morgan fingerprint density at radius 2 is 2.36 bits per heavy atom. The van der Waals surface area contributed by atoms with Crippen molar-refractivity contribution in [3.63, 3.8) is 0 Å². The minimum absolute atomic E-state index is 0.0731. The third kappa shape index (κ3) is 3.38. The molecule has 2 aliphatic heterocycles. The van der Waals surface area contributed by atoms with Crippen molar-refractivity contribution in [2.24, 2.45) is 0 Å². The summed E-state index contributed by atoms with van der Waals surface area (Å²) >= 11 is 3.26. The van der Waals surface area contributed by atoms with Gasteiger partial charge >= 0.3 is 0 Å². The van der Waals surface area contributed by atoms with Crippen molar-refractivity contribution >= 4 is 33.6 Å². The number of aromatic nitrogens is 1. The number of halogens is 1. The molecule has 1 N–H and O–H groups in total. The third-order valence-electron chi connectivity index (χ3n) is 3.57. The van der Waals surface area contributed by atoms with E-state index in [4.69, 9.17) is 9.47 Å². The van der Waals surface area contributed by atoms with E-state index in [1.54, 1.807) is 12.1 Å². The van der Waals surface area contributed by atoms with Crippen LogP contribution in [0.1, 0.15) is 12.8 Å². The zero-order valence-electron chi connectivity index (χ0n) is 11.9. The summed E-state index contributed by atoms with van der Waals surface area (Å²) in [6, 6.07) is 3.44. The number of fused-ring (bicyclic) bond motifs is 1. The van der Waals surface area contributed by atoms with Gasteiger partial charge in [-0.05, 0) is 40.9 Å². The average Bonchev–Trinajstić information content (AvgIpc) is 3.02. The van der Waals surface area contributed by atoms with E-state index in [2.05, 4.69) is 26.2 Å². The first kappa shape index (κ1) is 15.2. The van der Waals surface area contributed by atoms with E-state index in [0.717, 1.165) is 19.4 Å². The second kappa shape index (κ2) is 6.62. The first-order chi connectivity index (χ1) is 10.6. The number of nitrogens with zero attached hydrogens (tertiary/aromatic N) is 2. The molecule has 0 spiro atoms. The molecular formula is C14H16BrN3O4. The van der Waals surface area contributed by atoms with Crippen LogP contribution in [-0.2, 0) is 14.3 Å². The van der Waals surface area contributed by atoms with E-state index in [0.29, 0.717) is 22.7 Å². The van der Waals surface area contributed by atoms with Crippen LogP contribution in [0.25, 0.3) is 0 Å². The summed E-state index contributed by atoms with van der Waals surface area (Å²) in [5, 5.41) is 2.80. The highest BCUT2D eigenvalue weighted by Crippen LogP contribution is 2.31. The quantitative estimate of drug-likeness (QED) is 0.796. The molecule has 1 atom stereocenters. The van der Waals surface area contributed by atoms with Crippen LogP contribution in [0, 0.1) is 0 Å². The number of amides is 2. The monoisotopic (exact) mass is 369 g/mol. The number of rotatable bonds is 4. The van der Waals surface area contributed by atoms with Crippen LogP contribution >= 0.6 is 15.9 Å². The summed E-state index contributed by atoms with van der Waals surface area (Å²) in [4.78, 5) is 29.6. The largest absolute Gasteiger partial charge is 0.480 e. The molecule has 1 saturated heterocycles. The van der Waals surface area contributed by atoms with Crippen LogP contribution in [-0.4, -0.2) is 49.2 Å². The van der Waals surface area contributed by atoms with Crippen LogP contribution in [0.15, 0.2) is 16.7 Å². The van der Waals surface area contributed by atoms with Crippen LogP contribution in [0.5, 0.6) is 5.75 Å². The molecule has 0 bridgehead atoms. The van der Waals surface area contributed by atoms with Crippen LogP contribution in [0.3, 0.4) is 0 Å². The van der Waals surface area contributed by atoms with Gasteiger partial charge in [0.2, 0.25) is 5.91 Å². The zero-order chi connectivity index (χ0) is 15.5. The van der Waals surface area contributed by atoms with Gasteiger partial charge in [-0.25, -0.2) is 4.98 Å². The summed E-state index contributed by atoms with van der Waals surface area (Å²) in [6.45, 7) is 1.05. The van der Waals surface area contributed by atoms with Gasteiger partial charge in [0, 0.05) is 13.2 Å². The van der Waals surface area contributed by atoms with Crippen molar-refractivity contribution in [2.75, 3.05) is 31.2 Å². The summed E-state index contributed by atoms with van der Waals surface area (Å²) in [7, 11) is 0. The minimum atomic E-state index is -0.287. The topological polar surface area (TPSA) is 80.8 Å². The first-order valence-electron chi connectivity index (χ1n) is 7.11. The van der Waals surface area contributed by atoms with Crippen LogP contribution in [0.4, 0.5) is 5.82 Å². The highest BCUT2D eigenvalue weighted by Gasteiger charge is 2.29. The molecule has 1 aromatic heterocycles. The fourth-order valence-corrected chi connectivity index (χ4v) is 2.75. The van der Waals surface area contributed by atoms with Gasteiger partial charge in [0.25, 0.3) is 5.91 Å². The van der Waals surface area contributed by atoms with Gasteiger partial charge in [0.1, 0.15) is 11.1 Å². The lowest BCUT2D eigenvalue weighted by molar-refractivity contribution is -0.125. The molecule has 8 heteroatoms. The van der Waals surface area contributed by atoms with Crippen molar-refractivity contribution in [3.8, 4) is 5.75 Å². The number of anilines is 1. The molecule has 118 valence electrons. The fourth-order valence-electron chi connectivity index (χ4n) is 2.45. The Morgan fingerprint density at radius 1 is 1.50 bits per heavy atom. The van der Waals surface area contributed by atoms with Gasteiger partial charge in [0.15, 0.2) is 18.2 Å². The van der Waals surface area contributed by atoms with Crippen molar-refractivity contribution in [2.45, 2.75) is 18.9 Å². The molecule has 1 unspecified atom stereocenters. The van der Waals surface area contributed by atoms with Gasteiger partial charge in [0.05, 0.1) is 6.10 Å². The maximum atomic E-state index is 12.1. The molecule has 2 amide bonds. The molecular weight excluding hydrogens is 354 g/mol. The third-order valence-corrected chi connectivity index (χ3v) is 4.01. The van der Waals surface area contributed by atoms with Gasteiger partial charge < -0.3 is 14.8 Å². The molecule has 0 saturated carbocycles. The van der Waals surface area contributed by atoms with Crippen LogP contribution in [0.2, 0.25) is 0 Å². The fraction of sp³-hybridized carbons (Fsp3) is 0.500. The van der Waals surface area contributed by atoms with Crippen LogP contribution < -0.4 is 15.0 Å². The first-order valence-corrected chi connectivity index (χ1v) is 7.91. The lowest BCUT2D eigenvalue weighted by Gasteiger charge is -2.27. The van der Waals surface area contributed by atoms with Crippen molar-refractivity contribution < 1.29 is 19.1 Å². The number of pyridine rings is 1. The Balaban J connectivity index is 1.64. The SMILES string of the molecule is O=C(CN1C(=O)COc2ccc(Br)nc21)NCC1CCCO1. The predicted octanol–water partition coefficient (Wildman–Crippen LogP) is 0.865. The summed E-state index contributed by atoms with van der Waals surface area (Å²) < 4.78 is 11.3. The molecule has 1 fully saturated rings. The lowest BCUT2D eigenvalue weighted by Crippen LogP contribution is -2.46. The maximum absolute atomic E-state index is 12.1. The van der Waals surface area contributed by atoms with Gasteiger partial charge in [-0.1, -0.05) is 0 Å². The smallest absolute Gasteiger partial charge is 0.266 e. The summed E-state index contributed by atoms with van der Waals surface area (Å²) in [6.07, 6.45) is 2.05. The highest BCUT2D eigenvalue weighted by molar-refractivity contribution is 9.10. The number of hydrogen-bond donors (Lipinski definition) is 1. The second-order valence-electron chi connectivity index (χ2n) is 5.16. The van der Waals surface area contributed by atoms with Crippen molar-refractivity contribution in [3.05, 3.63) is 16.7 Å². The van der Waals surface area contributed by atoms with E-state index in [1.807, 2.05) is 0 Å². The molecule has 0 aliphatic carbocycles. The summed E-state index contributed by atoms with van der Waals surface area (Å²) in [5.41, 5.74) is 0. The number of carbonyl (C=O) groups excluding carboxylic acids is 2. The minimum Gasteiger partial charge on any atom is -0.480 e. The molecule has 3 heterocycles. The van der Waals surface area contributed by atoms with Crippen molar-refractivity contribution in [1.29, 1.82) is 0 Å². The van der Waals surface area contributed by atoms with E-state index in [1.165, 1.54) is 4.90 Å². The standard InChI is InChI=1S/C14H16BrN3O4/c15-11-4-3-10-14(17-11)18(13(20)8-22-10)7-12(19)16-6-9-2-1-5-21-9/h3-4,9H,1-2,5-8H2,(H,16,19). The highest BCUT2D eigenvalue weighted by atomic mass is 79.9. The predicted molar refractivity (Wildman–Crippen MR) is 81.8 cm³/mol.